The van der Waals surface area contributed by atoms with E-state index in [9.17, 15) is 19.8 Å². The van der Waals surface area contributed by atoms with Crippen molar-refractivity contribution < 1.29 is 14.9 Å². The Hall–Kier alpha value is -0.740. The summed E-state index contributed by atoms with van der Waals surface area (Å²) in [6.07, 6.45) is 1.93. The van der Waals surface area contributed by atoms with E-state index in [0.29, 0.717) is 12.0 Å². The first-order chi connectivity index (χ1) is 12.2. The minimum absolute atomic E-state index is 0.206. The maximum absolute atomic E-state index is 12.1. The Kier molecular flexibility index (Phi) is 7.84. The molecule has 26 heavy (non-hydrogen) atoms. The summed E-state index contributed by atoms with van der Waals surface area (Å²) in [6.45, 7) is 6.22. The average Bonchev–Trinajstić information content (AvgIpc) is 2.92. The Labute approximate surface area is 160 Å². The van der Waals surface area contributed by atoms with Gasteiger partial charge in [0.15, 0.2) is 0 Å². The van der Waals surface area contributed by atoms with Crippen molar-refractivity contribution in [1.29, 1.82) is 0 Å². The molecule has 0 aromatic carbocycles. The van der Waals surface area contributed by atoms with Gasteiger partial charge in [-0.15, -0.1) is 0 Å². The molecular weight excluding hydrogens is 376 g/mol. The van der Waals surface area contributed by atoms with E-state index in [4.69, 9.17) is 4.74 Å². The Morgan fingerprint density at radius 3 is 2.69 bits per heavy atom. The second kappa shape index (κ2) is 9.45. The van der Waals surface area contributed by atoms with E-state index < -0.39 is 24.1 Å². The van der Waals surface area contributed by atoms with Gasteiger partial charge in [-0.3, -0.25) is 14.3 Å². The molecule has 0 aliphatic carbocycles. The molecule has 7 nitrogen and oxygen atoms in total. The summed E-state index contributed by atoms with van der Waals surface area (Å²) in [7, 11) is 3.68. The first kappa shape index (κ1) is 21.6. The fourth-order valence-corrected chi connectivity index (χ4v) is 5.09. The number of nitrogens with zero attached hydrogens (tertiary/aromatic N) is 1. The van der Waals surface area contributed by atoms with Gasteiger partial charge < -0.3 is 14.9 Å². The van der Waals surface area contributed by atoms with Gasteiger partial charge in [0.1, 0.15) is 12.3 Å². The molecule has 0 radical (unpaired) electrons. The zero-order valence-corrected chi connectivity index (χ0v) is 17.1. The summed E-state index contributed by atoms with van der Waals surface area (Å²) in [6, 6.07) is 0. The van der Waals surface area contributed by atoms with Crippen LogP contribution in [-0.4, -0.2) is 49.1 Å². The lowest BCUT2D eigenvalue weighted by Crippen LogP contribution is -2.34. The molecule has 2 rings (SSSR count). The summed E-state index contributed by atoms with van der Waals surface area (Å²) < 4.78 is 7.05. The Bertz CT molecular complexity index is 698. The third-order valence-corrected chi connectivity index (χ3v) is 7.40. The van der Waals surface area contributed by atoms with Crippen LogP contribution in [0.3, 0.4) is 0 Å². The number of hydrogen-bond donors (Lipinski definition) is 3. The van der Waals surface area contributed by atoms with Gasteiger partial charge in [-0.2, -0.15) is 0 Å². The molecule has 1 saturated heterocycles. The Morgan fingerprint density at radius 2 is 2.08 bits per heavy atom. The predicted molar refractivity (Wildman–Crippen MR) is 106 cm³/mol. The number of aliphatic hydroxyl groups is 2. The average molecular weight is 405 g/mol. The lowest BCUT2D eigenvalue weighted by atomic mass is 10.1. The standard InChI is InChI=1S/C17H28N2O5S2/c1-17(2,3)26-25-7-5-4-6-11-9-19(16(23)18-15(11)22)14-8-12(21)13(10-20)24-14/h9,12-14,20-21H,4-8,10H2,1-3H3,(H,18,22,23)/t12-,13+,14+/m0/s1. The highest BCUT2D eigenvalue weighted by Gasteiger charge is 2.35. The number of unbranched alkanes of at least 4 members (excludes halogenated alkanes) is 1. The molecule has 0 spiro atoms. The van der Waals surface area contributed by atoms with Crippen molar-refractivity contribution in [2.75, 3.05) is 12.4 Å². The molecule has 3 N–H and O–H groups in total. The van der Waals surface area contributed by atoms with Crippen LogP contribution in [0.1, 0.15) is 51.8 Å². The predicted octanol–water partition coefficient (Wildman–Crippen LogP) is 1.68. The Morgan fingerprint density at radius 1 is 1.35 bits per heavy atom. The first-order valence-corrected chi connectivity index (χ1v) is 11.1. The summed E-state index contributed by atoms with van der Waals surface area (Å²) in [5, 5.41) is 19.0. The number of aromatic amines is 1. The van der Waals surface area contributed by atoms with Crippen molar-refractivity contribution in [3.8, 4) is 0 Å². The molecule has 0 amide bonds. The quantitative estimate of drug-likeness (QED) is 0.447. The van der Waals surface area contributed by atoms with Crippen LogP contribution in [0.25, 0.3) is 0 Å². The van der Waals surface area contributed by atoms with Crippen LogP contribution < -0.4 is 11.2 Å². The van der Waals surface area contributed by atoms with Crippen molar-refractivity contribution in [2.45, 2.75) is 69.6 Å². The molecule has 1 aromatic heterocycles. The highest BCUT2D eigenvalue weighted by Crippen LogP contribution is 2.35. The third kappa shape index (κ3) is 6.16. The molecule has 0 bridgehead atoms. The summed E-state index contributed by atoms with van der Waals surface area (Å²) in [4.78, 5) is 26.4. The minimum Gasteiger partial charge on any atom is -0.394 e. The molecule has 1 aliphatic rings. The molecule has 3 atom stereocenters. The number of aromatic nitrogens is 2. The molecule has 148 valence electrons. The minimum atomic E-state index is -0.829. The fraction of sp³-hybridized carbons (Fsp3) is 0.765. The van der Waals surface area contributed by atoms with E-state index >= 15 is 0 Å². The van der Waals surface area contributed by atoms with E-state index in [2.05, 4.69) is 25.8 Å². The zero-order valence-electron chi connectivity index (χ0n) is 15.4. The van der Waals surface area contributed by atoms with Gasteiger partial charge in [-0.1, -0.05) is 42.4 Å². The second-order valence-corrected chi connectivity index (χ2v) is 10.7. The van der Waals surface area contributed by atoms with Gasteiger partial charge in [-0.25, -0.2) is 4.79 Å². The van der Waals surface area contributed by atoms with Crippen molar-refractivity contribution in [2.24, 2.45) is 0 Å². The van der Waals surface area contributed by atoms with Crippen molar-refractivity contribution >= 4 is 21.6 Å². The summed E-state index contributed by atoms with van der Waals surface area (Å²) >= 11 is 0. The zero-order chi connectivity index (χ0) is 19.3. The Balaban J connectivity index is 1.94. The van der Waals surface area contributed by atoms with Gasteiger partial charge >= 0.3 is 5.69 Å². The van der Waals surface area contributed by atoms with Crippen molar-refractivity contribution in [1.82, 2.24) is 9.55 Å². The topological polar surface area (TPSA) is 105 Å². The van der Waals surface area contributed by atoms with Crippen LogP contribution in [-0.2, 0) is 11.2 Å². The lowest BCUT2D eigenvalue weighted by molar-refractivity contribution is -0.0460. The smallest absolute Gasteiger partial charge is 0.330 e. The number of nitrogens with one attached hydrogen (secondary N) is 1. The molecule has 1 fully saturated rings. The van der Waals surface area contributed by atoms with Gasteiger partial charge in [-0.05, 0) is 19.3 Å². The van der Waals surface area contributed by atoms with Crippen LogP contribution in [0.5, 0.6) is 0 Å². The number of hydrogen-bond acceptors (Lipinski definition) is 7. The van der Waals surface area contributed by atoms with Gasteiger partial charge in [0.05, 0.1) is 12.7 Å². The lowest BCUT2D eigenvalue weighted by Gasteiger charge is -2.16. The van der Waals surface area contributed by atoms with Crippen LogP contribution >= 0.6 is 21.6 Å². The molecule has 1 aliphatic heterocycles. The van der Waals surface area contributed by atoms with E-state index in [-0.39, 0.29) is 23.3 Å². The van der Waals surface area contributed by atoms with Gasteiger partial charge in [0, 0.05) is 28.7 Å². The summed E-state index contributed by atoms with van der Waals surface area (Å²) in [5.74, 6) is 1.01. The normalized spacial score (nSPS) is 23.5. The van der Waals surface area contributed by atoms with Crippen LogP contribution in [0.4, 0.5) is 0 Å². The molecule has 2 heterocycles. The maximum atomic E-state index is 12.1. The van der Waals surface area contributed by atoms with E-state index in [1.807, 2.05) is 21.6 Å². The van der Waals surface area contributed by atoms with Crippen molar-refractivity contribution in [3.05, 3.63) is 32.6 Å². The number of H-pyrrole nitrogens is 1. The van der Waals surface area contributed by atoms with Crippen molar-refractivity contribution in [3.63, 3.8) is 0 Å². The van der Waals surface area contributed by atoms with Crippen LogP contribution in [0.15, 0.2) is 15.8 Å². The number of ether oxygens (including phenoxy) is 1. The number of rotatable bonds is 8. The van der Waals surface area contributed by atoms with E-state index in [0.717, 1.165) is 18.6 Å². The van der Waals surface area contributed by atoms with Gasteiger partial charge in [0.25, 0.3) is 5.56 Å². The molecular formula is C17H28N2O5S2. The molecule has 0 unspecified atom stereocenters. The SMILES string of the molecule is CC(C)(C)SSCCCCc1cn([C@H]2C[C@H](O)[C@@H](CO)O2)c(=O)[nH]c1=O. The van der Waals surface area contributed by atoms with Crippen LogP contribution in [0, 0.1) is 0 Å². The fourth-order valence-electron chi connectivity index (χ4n) is 2.66. The molecule has 1 aromatic rings. The maximum Gasteiger partial charge on any atom is 0.330 e. The van der Waals surface area contributed by atoms with E-state index in [1.54, 1.807) is 0 Å². The number of aryl methyl sites for hydroxylation is 1. The second-order valence-electron chi connectivity index (χ2n) is 7.41. The molecule has 0 saturated carbocycles. The van der Waals surface area contributed by atoms with Crippen LogP contribution in [0.2, 0.25) is 0 Å². The van der Waals surface area contributed by atoms with E-state index in [1.165, 1.54) is 10.8 Å². The monoisotopic (exact) mass is 404 g/mol. The highest BCUT2D eigenvalue weighted by molar-refractivity contribution is 8.77. The largest absolute Gasteiger partial charge is 0.394 e. The highest BCUT2D eigenvalue weighted by atomic mass is 33.1. The summed E-state index contributed by atoms with van der Waals surface area (Å²) in [5.41, 5.74) is -0.407. The first-order valence-electron chi connectivity index (χ1n) is 8.80. The number of aliphatic hydroxyl groups excluding tert-OH is 2. The van der Waals surface area contributed by atoms with Gasteiger partial charge in [0.2, 0.25) is 0 Å². The molecule has 9 heteroatoms. The third-order valence-electron chi connectivity index (χ3n) is 3.97.